The molecule has 1 amide bonds. The summed E-state index contributed by atoms with van der Waals surface area (Å²) in [5.41, 5.74) is 0. The standard InChI is InChI=1S/C12H25N3O/c1-3-14-12(16)7-8-13-10-11-6-5-9-15(11)4-2/h11,13H,3-10H2,1-2H3,(H,14,16). The van der Waals surface area contributed by atoms with Crippen LogP contribution in [0.25, 0.3) is 0 Å². The minimum atomic E-state index is 0.147. The lowest BCUT2D eigenvalue weighted by Crippen LogP contribution is -2.38. The van der Waals surface area contributed by atoms with Gasteiger partial charge in [0.15, 0.2) is 0 Å². The molecule has 0 bridgehead atoms. The van der Waals surface area contributed by atoms with Crippen molar-refractivity contribution in [1.29, 1.82) is 0 Å². The lowest BCUT2D eigenvalue weighted by Gasteiger charge is -2.22. The van der Waals surface area contributed by atoms with E-state index < -0.39 is 0 Å². The Morgan fingerprint density at radius 2 is 2.25 bits per heavy atom. The number of hydrogen-bond acceptors (Lipinski definition) is 3. The molecule has 0 aromatic heterocycles. The summed E-state index contributed by atoms with van der Waals surface area (Å²) in [6, 6.07) is 0.680. The Morgan fingerprint density at radius 3 is 2.94 bits per heavy atom. The SMILES string of the molecule is CCNC(=O)CCNCC1CCCN1CC. The predicted molar refractivity (Wildman–Crippen MR) is 66.4 cm³/mol. The molecule has 94 valence electrons. The normalized spacial score (nSPS) is 21.2. The molecule has 0 saturated carbocycles. The van der Waals surface area contributed by atoms with Crippen LogP contribution >= 0.6 is 0 Å². The van der Waals surface area contributed by atoms with E-state index in [1.54, 1.807) is 0 Å². The Hall–Kier alpha value is -0.610. The van der Waals surface area contributed by atoms with Gasteiger partial charge in [-0.2, -0.15) is 0 Å². The summed E-state index contributed by atoms with van der Waals surface area (Å²) in [4.78, 5) is 13.7. The highest BCUT2D eigenvalue weighted by atomic mass is 16.1. The number of hydrogen-bond donors (Lipinski definition) is 2. The number of amides is 1. The molecule has 16 heavy (non-hydrogen) atoms. The van der Waals surface area contributed by atoms with E-state index in [4.69, 9.17) is 0 Å². The molecule has 1 saturated heterocycles. The Balaban J connectivity index is 2.04. The summed E-state index contributed by atoms with van der Waals surface area (Å²) in [7, 11) is 0. The number of carbonyl (C=O) groups is 1. The minimum absolute atomic E-state index is 0.147. The molecule has 0 aromatic carbocycles. The van der Waals surface area contributed by atoms with Crippen LogP contribution in [0, 0.1) is 0 Å². The van der Waals surface area contributed by atoms with Gasteiger partial charge in [0.2, 0.25) is 5.91 Å². The van der Waals surface area contributed by atoms with Crippen LogP contribution in [-0.2, 0) is 4.79 Å². The zero-order chi connectivity index (χ0) is 11.8. The van der Waals surface area contributed by atoms with Crippen LogP contribution in [0.5, 0.6) is 0 Å². The zero-order valence-electron chi connectivity index (χ0n) is 10.6. The second-order valence-electron chi connectivity index (χ2n) is 4.33. The first-order valence-corrected chi connectivity index (χ1v) is 6.49. The second kappa shape index (κ2) is 7.63. The van der Waals surface area contributed by atoms with Crippen molar-refractivity contribution >= 4 is 5.91 Å². The van der Waals surface area contributed by atoms with Crippen molar-refractivity contribution in [3.05, 3.63) is 0 Å². The summed E-state index contributed by atoms with van der Waals surface area (Å²) in [6.45, 7) is 9.08. The fourth-order valence-electron chi connectivity index (χ4n) is 2.30. The van der Waals surface area contributed by atoms with E-state index in [0.29, 0.717) is 12.5 Å². The summed E-state index contributed by atoms with van der Waals surface area (Å²) in [5.74, 6) is 0.147. The van der Waals surface area contributed by atoms with Crippen molar-refractivity contribution in [3.8, 4) is 0 Å². The van der Waals surface area contributed by atoms with Gasteiger partial charge in [-0.05, 0) is 32.9 Å². The molecule has 1 aliphatic heterocycles. The van der Waals surface area contributed by atoms with Crippen LogP contribution in [0.15, 0.2) is 0 Å². The van der Waals surface area contributed by atoms with E-state index in [9.17, 15) is 4.79 Å². The maximum Gasteiger partial charge on any atom is 0.221 e. The summed E-state index contributed by atoms with van der Waals surface area (Å²) in [5, 5.41) is 6.18. The average Bonchev–Trinajstić information content (AvgIpc) is 2.72. The van der Waals surface area contributed by atoms with Gasteiger partial charge in [-0.3, -0.25) is 9.69 Å². The van der Waals surface area contributed by atoms with Gasteiger partial charge in [-0.25, -0.2) is 0 Å². The molecule has 1 heterocycles. The van der Waals surface area contributed by atoms with Crippen LogP contribution in [0.3, 0.4) is 0 Å². The average molecular weight is 227 g/mol. The molecule has 2 N–H and O–H groups in total. The van der Waals surface area contributed by atoms with Gasteiger partial charge in [-0.1, -0.05) is 6.92 Å². The molecule has 1 aliphatic rings. The fraction of sp³-hybridized carbons (Fsp3) is 0.917. The third-order valence-corrected chi connectivity index (χ3v) is 3.19. The predicted octanol–water partition coefficient (Wildman–Crippen LogP) is 0.587. The molecule has 0 spiro atoms. The first kappa shape index (κ1) is 13.5. The van der Waals surface area contributed by atoms with Crippen LogP contribution in [0.1, 0.15) is 33.1 Å². The number of nitrogens with zero attached hydrogens (tertiary/aromatic N) is 1. The Bertz CT molecular complexity index is 208. The number of rotatable bonds is 7. The third-order valence-electron chi connectivity index (χ3n) is 3.19. The smallest absolute Gasteiger partial charge is 0.221 e. The summed E-state index contributed by atoms with van der Waals surface area (Å²) < 4.78 is 0. The third kappa shape index (κ3) is 4.49. The summed E-state index contributed by atoms with van der Waals surface area (Å²) >= 11 is 0. The van der Waals surface area contributed by atoms with Gasteiger partial charge in [-0.15, -0.1) is 0 Å². The van der Waals surface area contributed by atoms with Crippen molar-refractivity contribution in [2.75, 3.05) is 32.7 Å². The van der Waals surface area contributed by atoms with E-state index >= 15 is 0 Å². The fourth-order valence-corrected chi connectivity index (χ4v) is 2.30. The van der Waals surface area contributed by atoms with E-state index in [-0.39, 0.29) is 5.91 Å². The largest absolute Gasteiger partial charge is 0.356 e. The topological polar surface area (TPSA) is 44.4 Å². The Labute approximate surface area is 98.8 Å². The Kier molecular flexibility index (Phi) is 6.42. The van der Waals surface area contributed by atoms with Crippen molar-refractivity contribution in [2.24, 2.45) is 0 Å². The monoisotopic (exact) mass is 227 g/mol. The zero-order valence-corrected chi connectivity index (χ0v) is 10.6. The van der Waals surface area contributed by atoms with Crippen molar-refractivity contribution < 1.29 is 4.79 Å². The van der Waals surface area contributed by atoms with Crippen LogP contribution in [0.4, 0.5) is 0 Å². The first-order valence-electron chi connectivity index (χ1n) is 6.49. The van der Waals surface area contributed by atoms with E-state index in [1.807, 2.05) is 6.92 Å². The molecule has 1 fully saturated rings. The maximum atomic E-state index is 11.2. The molecule has 1 rings (SSSR count). The van der Waals surface area contributed by atoms with Gasteiger partial charge in [0.25, 0.3) is 0 Å². The molecule has 4 nitrogen and oxygen atoms in total. The van der Waals surface area contributed by atoms with Gasteiger partial charge < -0.3 is 10.6 Å². The lowest BCUT2D eigenvalue weighted by molar-refractivity contribution is -0.120. The second-order valence-corrected chi connectivity index (χ2v) is 4.33. The molecule has 1 unspecified atom stereocenters. The van der Waals surface area contributed by atoms with Crippen LogP contribution in [-0.4, -0.2) is 49.6 Å². The molecule has 0 radical (unpaired) electrons. The molecule has 0 aromatic rings. The van der Waals surface area contributed by atoms with Gasteiger partial charge in [0, 0.05) is 32.1 Å². The van der Waals surface area contributed by atoms with E-state index in [0.717, 1.165) is 26.2 Å². The highest BCUT2D eigenvalue weighted by molar-refractivity contribution is 5.75. The number of nitrogens with one attached hydrogen (secondary N) is 2. The van der Waals surface area contributed by atoms with E-state index in [2.05, 4.69) is 22.5 Å². The van der Waals surface area contributed by atoms with Crippen LogP contribution in [0.2, 0.25) is 0 Å². The minimum Gasteiger partial charge on any atom is -0.356 e. The molecule has 1 atom stereocenters. The number of carbonyl (C=O) groups excluding carboxylic acids is 1. The van der Waals surface area contributed by atoms with Crippen molar-refractivity contribution in [2.45, 2.75) is 39.2 Å². The highest BCUT2D eigenvalue weighted by Gasteiger charge is 2.21. The van der Waals surface area contributed by atoms with E-state index in [1.165, 1.54) is 19.4 Å². The quantitative estimate of drug-likeness (QED) is 0.626. The van der Waals surface area contributed by atoms with Crippen LogP contribution < -0.4 is 10.6 Å². The van der Waals surface area contributed by atoms with Gasteiger partial charge in [0.05, 0.1) is 0 Å². The molecule has 0 aliphatic carbocycles. The molecule has 4 heteroatoms. The maximum absolute atomic E-state index is 11.2. The van der Waals surface area contributed by atoms with Crippen molar-refractivity contribution in [3.63, 3.8) is 0 Å². The molecular weight excluding hydrogens is 202 g/mol. The first-order chi connectivity index (χ1) is 7.77. The van der Waals surface area contributed by atoms with Gasteiger partial charge in [0.1, 0.15) is 0 Å². The highest BCUT2D eigenvalue weighted by Crippen LogP contribution is 2.15. The number of likely N-dealkylation sites (N-methyl/N-ethyl adjacent to an activating group) is 1. The van der Waals surface area contributed by atoms with Crippen molar-refractivity contribution in [1.82, 2.24) is 15.5 Å². The lowest BCUT2D eigenvalue weighted by atomic mass is 10.2. The molecular formula is C12H25N3O. The summed E-state index contributed by atoms with van der Waals surface area (Å²) in [6.07, 6.45) is 3.20. The van der Waals surface area contributed by atoms with Gasteiger partial charge >= 0.3 is 0 Å². The number of likely N-dealkylation sites (tertiary alicyclic amines) is 1. The Morgan fingerprint density at radius 1 is 1.44 bits per heavy atom.